The predicted octanol–water partition coefficient (Wildman–Crippen LogP) is 2.92. The van der Waals surface area contributed by atoms with Crippen molar-refractivity contribution >= 4 is 32.7 Å². The van der Waals surface area contributed by atoms with Crippen LogP contribution >= 0.6 is 15.9 Å². The lowest BCUT2D eigenvalue weighted by atomic mass is 10.1. The van der Waals surface area contributed by atoms with Crippen LogP contribution < -0.4 is 5.56 Å². The molecule has 20 heavy (non-hydrogen) atoms. The highest BCUT2D eigenvalue weighted by Crippen LogP contribution is 2.13. The monoisotopic (exact) mass is 328 g/mol. The van der Waals surface area contributed by atoms with E-state index in [1.165, 1.54) is 0 Å². The Kier molecular flexibility index (Phi) is 3.20. The summed E-state index contributed by atoms with van der Waals surface area (Å²) in [5.74, 6) is -0.385. The minimum absolute atomic E-state index is 0.0916. The van der Waals surface area contributed by atoms with Crippen LogP contribution in [0.15, 0.2) is 57.8 Å². The van der Waals surface area contributed by atoms with Gasteiger partial charge in [-0.15, -0.1) is 0 Å². The van der Waals surface area contributed by atoms with Gasteiger partial charge in [-0.2, -0.15) is 0 Å². The molecule has 0 saturated heterocycles. The van der Waals surface area contributed by atoms with Crippen molar-refractivity contribution in [2.45, 2.75) is 0 Å². The van der Waals surface area contributed by atoms with Gasteiger partial charge in [0.2, 0.25) is 5.78 Å². The highest BCUT2D eigenvalue weighted by molar-refractivity contribution is 9.10. The second-order valence-electron chi connectivity index (χ2n) is 4.27. The number of nitrogens with zero attached hydrogens (tertiary/aromatic N) is 1. The Morgan fingerprint density at radius 3 is 2.50 bits per heavy atom. The largest absolute Gasteiger partial charge is 0.319 e. The van der Waals surface area contributed by atoms with Crippen LogP contribution in [0.3, 0.4) is 0 Å². The Hall–Kier alpha value is -2.27. The molecule has 0 saturated carbocycles. The molecule has 98 valence electrons. The number of hydrogen-bond donors (Lipinski definition) is 1. The normalized spacial score (nSPS) is 10.7. The molecule has 3 aromatic rings. The zero-order valence-corrected chi connectivity index (χ0v) is 11.8. The Balaban J connectivity index is 2.14. The molecule has 1 aromatic heterocycles. The van der Waals surface area contributed by atoms with Gasteiger partial charge < -0.3 is 4.98 Å². The summed E-state index contributed by atoms with van der Waals surface area (Å²) in [6, 6.07) is 13.9. The van der Waals surface area contributed by atoms with E-state index in [0.717, 1.165) is 4.47 Å². The molecular weight excluding hydrogens is 320 g/mol. The maximum Gasteiger partial charge on any atom is 0.278 e. The Labute approximate surface area is 122 Å². The number of halogens is 1. The molecule has 0 spiro atoms. The zero-order valence-electron chi connectivity index (χ0n) is 10.3. The molecule has 0 atom stereocenters. The molecule has 4 nitrogen and oxygen atoms in total. The van der Waals surface area contributed by atoms with E-state index in [1.807, 2.05) is 6.07 Å². The number of aromatic nitrogens is 2. The molecule has 0 aliphatic carbocycles. The molecule has 0 unspecified atom stereocenters. The van der Waals surface area contributed by atoms with Gasteiger partial charge in [0, 0.05) is 10.0 Å². The van der Waals surface area contributed by atoms with E-state index in [-0.39, 0.29) is 11.5 Å². The van der Waals surface area contributed by atoms with Gasteiger partial charge in [0.25, 0.3) is 5.56 Å². The summed E-state index contributed by atoms with van der Waals surface area (Å²) in [7, 11) is 0. The fourth-order valence-electron chi connectivity index (χ4n) is 1.92. The number of hydrogen-bond acceptors (Lipinski definition) is 3. The van der Waals surface area contributed by atoms with Crippen molar-refractivity contribution in [3.63, 3.8) is 0 Å². The van der Waals surface area contributed by atoms with E-state index in [9.17, 15) is 9.59 Å². The number of ketones is 1. The van der Waals surface area contributed by atoms with E-state index in [2.05, 4.69) is 25.9 Å². The molecular formula is C15H9BrN2O2. The number of para-hydroxylation sites is 2. The van der Waals surface area contributed by atoms with Crippen LogP contribution in [-0.4, -0.2) is 15.8 Å². The van der Waals surface area contributed by atoms with Gasteiger partial charge in [-0.3, -0.25) is 9.59 Å². The molecule has 1 heterocycles. The average Bonchev–Trinajstić information content (AvgIpc) is 2.46. The first-order chi connectivity index (χ1) is 9.65. The zero-order chi connectivity index (χ0) is 14.1. The summed E-state index contributed by atoms with van der Waals surface area (Å²) < 4.78 is 0.870. The van der Waals surface area contributed by atoms with Gasteiger partial charge in [-0.25, -0.2) is 4.98 Å². The molecule has 3 rings (SSSR count). The molecule has 0 fully saturated rings. The van der Waals surface area contributed by atoms with Crippen molar-refractivity contribution < 1.29 is 4.79 Å². The van der Waals surface area contributed by atoms with Gasteiger partial charge in [0.1, 0.15) is 0 Å². The second-order valence-corrected chi connectivity index (χ2v) is 5.18. The second kappa shape index (κ2) is 5.02. The molecule has 0 aliphatic heterocycles. The predicted molar refractivity (Wildman–Crippen MR) is 79.9 cm³/mol. The highest BCUT2D eigenvalue weighted by Gasteiger charge is 2.15. The molecule has 0 amide bonds. The topological polar surface area (TPSA) is 62.8 Å². The van der Waals surface area contributed by atoms with Crippen LogP contribution in [0.5, 0.6) is 0 Å². The number of carbonyl (C=O) groups excluding carboxylic acids is 1. The third-order valence-corrected chi connectivity index (χ3v) is 3.45. The van der Waals surface area contributed by atoms with Crippen molar-refractivity contribution in [2.24, 2.45) is 0 Å². The van der Waals surface area contributed by atoms with E-state index < -0.39 is 5.56 Å². The number of benzene rings is 2. The van der Waals surface area contributed by atoms with Gasteiger partial charge in [-0.05, 0) is 36.4 Å². The van der Waals surface area contributed by atoms with Crippen LogP contribution in [0, 0.1) is 0 Å². The smallest absolute Gasteiger partial charge is 0.278 e. The lowest BCUT2D eigenvalue weighted by molar-refractivity contribution is 0.103. The number of nitrogens with one attached hydrogen (secondary N) is 1. The van der Waals surface area contributed by atoms with Gasteiger partial charge >= 0.3 is 0 Å². The first-order valence-electron chi connectivity index (χ1n) is 5.94. The quantitative estimate of drug-likeness (QED) is 0.736. The summed E-state index contributed by atoms with van der Waals surface area (Å²) in [6.45, 7) is 0. The fourth-order valence-corrected chi connectivity index (χ4v) is 2.19. The Morgan fingerprint density at radius 2 is 1.75 bits per heavy atom. The van der Waals surface area contributed by atoms with E-state index in [4.69, 9.17) is 0 Å². The van der Waals surface area contributed by atoms with E-state index >= 15 is 0 Å². The lowest BCUT2D eigenvalue weighted by Gasteiger charge is -2.02. The molecule has 5 heteroatoms. The average molecular weight is 329 g/mol. The van der Waals surface area contributed by atoms with E-state index in [0.29, 0.717) is 16.6 Å². The standard InChI is InChI=1S/C15H9BrN2O2/c16-10-7-5-9(6-8-10)14(19)13-15(20)18-12-4-2-1-3-11(12)17-13/h1-8H,(H,18,20). The van der Waals surface area contributed by atoms with Crippen molar-refractivity contribution in [3.8, 4) is 0 Å². The van der Waals surface area contributed by atoms with E-state index in [1.54, 1.807) is 42.5 Å². The van der Waals surface area contributed by atoms with Gasteiger partial charge in [-0.1, -0.05) is 28.1 Å². The summed E-state index contributed by atoms with van der Waals surface area (Å²) in [4.78, 5) is 31.1. The molecule has 0 bridgehead atoms. The third kappa shape index (κ3) is 2.28. The SMILES string of the molecule is O=C(c1ccc(Br)cc1)c1nc2ccccc2[nH]c1=O. The first-order valence-corrected chi connectivity index (χ1v) is 6.74. The maximum atomic E-state index is 12.3. The Morgan fingerprint density at radius 1 is 1.05 bits per heavy atom. The fraction of sp³-hybridized carbons (Fsp3) is 0. The molecule has 0 aliphatic rings. The van der Waals surface area contributed by atoms with Crippen molar-refractivity contribution in [1.29, 1.82) is 0 Å². The van der Waals surface area contributed by atoms with Crippen LogP contribution in [0.2, 0.25) is 0 Å². The number of carbonyl (C=O) groups is 1. The number of aromatic amines is 1. The number of fused-ring (bicyclic) bond motifs is 1. The summed E-state index contributed by atoms with van der Waals surface area (Å²) in [5, 5.41) is 0. The minimum Gasteiger partial charge on any atom is -0.319 e. The highest BCUT2D eigenvalue weighted by atomic mass is 79.9. The van der Waals surface area contributed by atoms with Crippen LogP contribution in [0.1, 0.15) is 16.1 Å². The van der Waals surface area contributed by atoms with Crippen molar-refractivity contribution in [1.82, 2.24) is 9.97 Å². The third-order valence-electron chi connectivity index (χ3n) is 2.92. The van der Waals surface area contributed by atoms with Crippen molar-refractivity contribution in [3.05, 3.63) is 74.6 Å². The summed E-state index contributed by atoms with van der Waals surface area (Å²) in [6.07, 6.45) is 0. The summed E-state index contributed by atoms with van der Waals surface area (Å²) >= 11 is 3.30. The van der Waals surface area contributed by atoms with Crippen LogP contribution in [-0.2, 0) is 0 Å². The number of H-pyrrole nitrogens is 1. The summed E-state index contributed by atoms with van der Waals surface area (Å²) in [5.41, 5.74) is 1.07. The van der Waals surface area contributed by atoms with Crippen LogP contribution in [0.4, 0.5) is 0 Å². The van der Waals surface area contributed by atoms with Crippen molar-refractivity contribution in [2.75, 3.05) is 0 Å². The molecule has 0 radical (unpaired) electrons. The minimum atomic E-state index is -0.475. The van der Waals surface area contributed by atoms with Gasteiger partial charge in [0.15, 0.2) is 5.69 Å². The maximum absolute atomic E-state index is 12.3. The van der Waals surface area contributed by atoms with Crippen LogP contribution in [0.25, 0.3) is 11.0 Å². The number of rotatable bonds is 2. The van der Waals surface area contributed by atoms with Gasteiger partial charge in [0.05, 0.1) is 11.0 Å². The molecule has 1 N–H and O–H groups in total. The first kappa shape index (κ1) is 12.7. The Bertz CT molecular complexity index is 854. The molecule has 2 aromatic carbocycles. The lowest BCUT2D eigenvalue weighted by Crippen LogP contribution is -2.20.